The average molecular weight is 167 g/mol. The molecule has 58 valence electrons. The molecule has 0 spiro atoms. The van der Waals surface area contributed by atoms with Crippen molar-refractivity contribution >= 4 is 11.3 Å². The Morgan fingerprint density at radius 1 is 1.73 bits per heavy atom. The van der Waals surface area contributed by atoms with Crippen molar-refractivity contribution < 1.29 is 5.11 Å². The van der Waals surface area contributed by atoms with E-state index in [0.29, 0.717) is 0 Å². The van der Waals surface area contributed by atoms with Crippen LogP contribution in [0.2, 0.25) is 0 Å². The molecule has 3 heteroatoms. The average Bonchev–Trinajstić information content (AvgIpc) is 2.36. The topological polar surface area (TPSA) is 44.0 Å². The summed E-state index contributed by atoms with van der Waals surface area (Å²) in [5.74, 6) is 0. The summed E-state index contributed by atoms with van der Waals surface area (Å²) in [7, 11) is 0. The predicted molar refractivity (Wildman–Crippen MR) is 44.2 cm³/mol. The molecular weight excluding hydrogens is 158 g/mol. The Morgan fingerprint density at radius 2 is 2.45 bits per heavy atom. The number of hydrogen-bond donors (Lipinski definition) is 1. The van der Waals surface area contributed by atoms with Gasteiger partial charge in [0.15, 0.2) is 0 Å². The van der Waals surface area contributed by atoms with Gasteiger partial charge in [0.05, 0.1) is 12.5 Å². The van der Waals surface area contributed by atoms with E-state index in [1.165, 1.54) is 11.3 Å². The van der Waals surface area contributed by atoms with Crippen LogP contribution < -0.4 is 0 Å². The Balaban J connectivity index is 2.70. The van der Waals surface area contributed by atoms with Crippen molar-refractivity contribution in [1.82, 2.24) is 0 Å². The summed E-state index contributed by atoms with van der Waals surface area (Å²) >= 11 is 1.53. The van der Waals surface area contributed by atoms with Crippen LogP contribution >= 0.6 is 11.3 Å². The van der Waals surface area contributed by atoms with Crippen molar-refractivity contribution in [2.75, 3.05) is 0 Å². The zero-order valence-electron chi connectivity index (χ0n) is 6.24. The molecule has 1 heterocycles. The first-order chi connectivity index (χ1) is 5.24. The fourth-order valence-electron chi connectivity index (χ4n) is 0.820. The van der Waals surface area contributed by atoms with Crippen LogP contribution in [0.4, 0.5) is 0 Å². The highest BCUT2D eigenvalue weighted by Gasteiger charge is 2.07. The summed E-state index contributed by atoms with van der Waals surface area (Å²) in [5, 5.41) is 17.6. The molecule has 0 amide bonds. The van der Waals surface area contributed by atoms with Gasteiger partial charge in [0, 0.05) is 9.75 Å². The molecule has 2 nitrogen and oxygen atoms in total. The van der Waals surface area contributed by atoms with Gasteiger partial charge in [-0.2, -0.15) is 5.26 Å². The number of nitriles is 1. The molecule has 0 saturated carbocycles. The number of hydrogen-bond acceptors (Lipinski definition) is 3. The predicted octanol–water partition coefficient (Wildman–Crippen LogP) is 2.00. The summed E-state index contributed by atoms with van der Waals surface area (Å²) in [6.45, 7) is 1.98. The van der Waals surface area contributed by atoms with E-state index < -0.39 is 6.10 Å². The second-order valence-corrected chi connectivity index (χ2v) is 3.65. The first-order valence-corrected chi connectivity index (χ1v) is 4.17. The van der Waals surface area contributed by atoms with Gasteiger partial charge in [-0.25, -0.2) is 0 Å². The third kappa shape index (κ3) is 2.04. The number of aliphatic hydroxyl groups is 1. The lowest BCUT2D eigenvalue weighted by Gasteiger charge is -2.00. The molecule has 0 fully saturated rings. The summed E-state index contributed by atoms with van der Waals surface area (Å²) in [6, 6.07) is 5.74. The lowest BCUT2D eigenvalue weighted by Crippen LogP contribution is -1.90. The van der Waals surface area contributed by atoms with E-state index in [2.05, 4.69) is 0 Å². The minimum Gasteiger partial charge on any atom is -0.386 e. The first kappa shape index (κ1) is 8.25. The molecule has 11 heavy (non-hydrogen) atoms. The molecule has 1 rings (SSSR count). The van der Waals surface area contributed by atoms with Crippen LogP contribution in [0.15, 0.2) is 12.1 Å². The van der Waals surface area contributed by atoms with E-state index in [9.17, 15) is 5.11 Å². The fourth-order valence-corrected chi connectivity index (χ4v) is 1.68. The van der Waals surface area contributed by atoms with Gasteiger partial charge in [0.1, 0.15) is 6.10 Å². The highest BCUT2D eigenvalue weighted by Crippen LogP contribution is 2.24. The number of thiophene rings is 1. The molecule has 1 unspecified atom stereocenters. The van der Waals surface area contributed by atoms with Crippen LogP contribution in [0, 0.1) is 18.3 Å². The second-order valence-electron chi connectivity index (χ2n) is 2.33. The fraction of sp³-hybridized carbons (Fsp3) is 0.375. The smallest absolute Gasteiger partial charge is 0.101 e. The highest BCUT2D eigenvalue weighted by molar-refractivity contribution is 7.12. The molecule has 0 bridgehead atoms. The van der Waals surface area contributed by atoms with Crippen LogP contribution in [-0.4, -0.2) is 5.11 Å². The Labute approximate surface area is 69.7 Å². The molecule has 1 atom stereocenters. The van der Waals surface area contributed by atoms with E-state index in [-0.39, 0.29) is 6.42 Å². The number of nitrogens with zero attached hydrogens (tertiary/aromatic N) is 1. The molecule has 0 aromatic carbocycles. The lowest BCUT2D eigenvalue weighted by atomic mass is 10.2. The highest BCUT2D eigenvalue weighted by atomic mass is 32.1. The van der Waals surface area contributed by atoms with Gasteiger partial charge in [-0.15, -0.1) is 11.3 Å². The first-order valence-electron chi connectivity index (χ1n) is 3.35. The van der Waals surface area contributed by atoms with Crippen molar-refractivity contribution in [1.29, 1.82) is 5.26 Å². The van der Waals surface area contributed by atoms with Crippen molar-refractivity contribution in [2.45, 2.75) is 19.4 Å². The van der Waals surface area contributed by atoms with Crippen LogP contribution in [0.5, 0.6) is 0 Å². The van der Waals surface area contributed by atoms with Gasteiger partial charge in [-0.05, 0) is 19.1 Å². The number of rotatable bonds is 2. The van der Waals surface area contributed by atoms with Crippen LogP contribution in [0.25, 0.3) is 0 Å². The third-order valence-corrected chi connectivity index (χ3v) is 2.48. The molecule has 1 aromatic rings. The third-order valence-electron chi connectivity index (χ3n) is 1.37. The zero-order chi connectivity index (χ0) is 8.27. The maximum atomic E-state index is 9.32. The monoisotopic (exact) mass is 167 g/mol. The number of aliphatic hydroxyl groups excluding tert-OH is 1. The molecule has 0 aliphatic heterocycles. The zero-order valence-corrected chi connectivity index (χ0v) is 7.06. The SMILES string of the molecule is Cc1ccc(C(O)CC#N)s1. The van der Waals surface area contributed by atoms with Crippen LogP contribution in [0.1, 0.15) is 22.3 Å². The molecule has 1 aromatic heterocycles. The standard InChI is InChI=1S/C8H9NOS/c1-6-2-3-8(11-6)7(10)4-5-9/h2-3,7,10H,4H2,1H3. The largest absolute Gasteiger partial charge is 0.386 e. The van der Waals surface area contributed by atoms with E-state index in [1.54, 1.807) is 0 Å². The summed E-state index contributed by atoms with van der Waals surface area (Å²) in [4.78, 5) is 2.04. The maximum absolute atomic E-state index is 9.32. The minimum atomic E-state index is -0.598. The Morgan fingerprint density at radius 3 is 2.91 bits per heavy atom. The molecule has 1 N–H and O–H groups in total. The summed E-state index contributed by atoms with van der Waals surface area (Å²) in [6.07, 6.45) is -0.418. The van der Waals surface area contributed by atoms with E-state index in [4.69, 9.17) is 5.26 Å². The van der Waals surface area contributed by atoms with Crippen molar-refractivity contribution in [3.05, 3.63) is 21.9 Å². The second kappa shape index (κ2) is 3.51. The minimum absolute atomic E-state index is 0.181. The van der Waals surface area contributed by atoms with Gasteiger partial charge in [-0.3, -0.25) is 0 Å². The van der Waals surface area contributed by atoms with Gasteiger partial charge >= 0.3 is 0 Å². The lowest BCUT2D eigenvalue weighted by molar-refractivity contribution is 0.187. The summed E-state index contributed by atoms with van der Waals surface area (Å²) in [5.41, 5.74) is 0. The molecule has 0 saturated heterocycles. The van der Waals surface area contributed by atoms with Crippen molar-refractivity contribution in [3.8, 4) is 6.07 Å². The quantitative estimate of drug-likeness (QED) is 0.732. The molecular formula is C8H9NOS. The van der Waals surface area contributed by atoms with Gasteiger partial charge in [0.25, 0.3) is 0 Å². The molecule has 0 aliphatic rings. The van der Waals surface area contributed by atoms with Gasteiger partial charge in [0.2, 0.25) is 0 Å². The van der Waals surface area contributed by atoms with Gasteiger partial charge < -0.3 is 5.11 Å². The van der Waals surface area contributed by atoms with Crippen molar-refractivity contribution in [2.24, 2.45) is 0 Å². The van der Waals surface area contributed by atoms with Gasteiger partial charge in [-0.1, -0.05) is 0 Å². The Kier molecular flexibility index (Phi) is 2.64. The normalized spacial score (nSPS) is 12.5. The molecule has 0 aliphatic carbocycles. The van der Waals surface area contributed by atoms with E-state index >= 15 is 0 Å². The van der Waals surface area contributed by atoms with Crippen molar-refractivity contribution in [3.63, 3.8) is 0 Å². The van der Waals surface area contributed by atoms with Crippen LogP contribution in [0.3, 0.4) is 0 Å². The Bertz CT molecular complexity index is 274. The number of aryl methyl sites for hydroxylation is 1. The van der Waals surface area contributed by atoms with E-state index in [0.717, 1.165) is 9.75 Å². The van der Waals surface area contributed by atoms with E-state index in [1.807, 2.05) is 25.1 Å². The molecule has 0 radical (unpaired) electrons. The maximum Gasteiger partial charge on any atom is 0.101 e. The van der Waals surface area contributed by atoms with Crippen LogP contribution in [-0.2, 0) is 0 Å². The Hall–Kier alpha value is -0.850. The summed E-state index contributed by atoms with van der Waals surface area (Å²) < 4.78 is 0.